The molecule has 0 radical (unpaired) electrons. The minimum Gasteiger partial charge on any atom is -0.444 e. The highest BCUT2D eigenvalue weighted by atomic mass is 19.2. The first kappa shape index (κ1) is 16.6. The van der Waals surface area contributed by atoms with Gasteiger partial charge in [-0.25, -0.2) is 13.8 Å². The molecule has 5 nitrogen and oxygen atoms in total. The molecular weight excluding hydrogens is 316 g/mol. The van der Waals surface area contributed by atoms with Gasteiger partial charge in [0.2, 0.25) is 11.8 Å². The molecule has 3 rings (SSSR count). The molecule has 24 heavy (non-hydrogen) atoms. The first-order valence-corrected chi connectivity index (χ1v) is 7.87. The van der Waals surface area contributed by atoms with Crippen molar-refractivity contribution in [2.24, 2.45) is 0 Å². The maximum absolute atomic E-state index is 13.3. The topological polar surface area (TPSA) is 67.2 Å². The van der Waals surface area contributed by atoms with E-state index in [-0.39, 0.29) is 23.8 Å². The molecule has 1 fully saturated rings. The molecule has 1 atom stereocenters. The number of hydrogen-bond acceptors (Lipinski definition) is 4. The van der Waals surface area contributed by atoms with Crippen LogP contribution in [0.3, 0.4) is 0 Å². The van der Waals surface area contributed by atoms with E-state index in [0.717, 1.165) is 38.1 Å². The van der Waals surface area contributed by atoms with E-state index in [1.807, 2.05) is 6.92 Å². The molecule has 0 saturated carbocycles. The summed E-state index contributed by atoms with van der Waals surface area (Å²) in [6.45, 7) is 3.70. The summed E-state index contributed by atoms with van der Waals surface area (Å²) in [6, 6.07) is 3.40. The van der Waals surface area contributed by atoms with E-state index in [0.29, 0.717) is 11.3 Å². The van der Waals surface area contributed by atoms with Gasteiger partial charge in [-0.1, -0.05) is 0 Å². The zero-order chi connectivity index (χ0) is 17.2. The third-order valence-corrected chi connectivity index (χ3v) is 4.10. The van der Waals surface area contributed by atoms with E-state index in [4.69, 9.17) is 4.42 Å². The van der Waals surface area contributed by atoms with Crippen LogP contribution in [0.25, 0.3) is 11.5 Å². The average molecular weight is 335 g/mol. The lowest BCUT2D eigenvalue weighted by atomic mass is 9.92. The largest absolute Gasteiger partial charge is 0.444 e. The van der Waals surface area contributed by atoms with E-state index in [2.05, 4.69) is 15.6 Å². The second kappa shape index (κ2) is 6.68. The number of oxazole rings is 1. The Hall–Kier alpha value is -2.28. The van der Waals surface area contributed by atoms with Gasteiger partial charge in [0, 0.05) is 17.6 Å². The predicted molar refractivity (Wildman–Crippen MR) is 84.2 cm³/mol. The van der Waals surface area contributed by atoms with Gasteiger partial charge in [0.15, 0.2) is 11.6 Å². The van der Waals surface area contributed by atoms with E-state index < -0.39 is 11.6 Å². The molecule has 1 aliphatic heterocycles. The number of halogens is 2. The molecule has 7 heteroatoms. The molecular formula is C17H19F2N3O2. The second-order valence-corrected chi connectivity index (χ2v) is 6.34. The number of piperidine rings is 1. The summed E-state index contributed by atoms with van der Waals surface area (Å²) in [6.07, 6.45) is 3.37. The molecule has 2 N–H and O–H groups in total. The predicted octanol–water partition coefficient (Wildman–Crippen LogP) is 2.42. The molecule has 2 aromatic rings. The number of carbonyl (C=O) groups is 1. The van der Waals surface area contributed by atoms with Crippen molar-refractivity contribution in [3.63, 3.8) is 0 Å². The zero-order valence-corrected chi connectivity index (χ0v) is 13.4. The van der Waals surface area contributed by atoms with Crippen molar-refractivity contribution < 1.29 is 18.0 Å². The highest BCUT2D eigenvalue weighted by molar-refractivity contribution is 5.79. The second-order valence-electron chi connectivity index (χ2n) is 6.34. The standard InChI is InChI=1S/C17H19F2N3O2/c1-17(5-2-6-20-10-17)22-15(23)8-12-9-24-16(21-12)11-3-4-13(18)14(19)7-11/h3-4,7,9,20H,2,5-6,8,10H2,1H3,(H,22,23). The molecule has 1 unspecified atom stereocenters. The van der Waals surface area contributed by atoms with E-state index >= 15 is 0 Å². The lowest BCUT2D eigenvalue weighted by Crippen LogP contribution is -2.55. The van der Waals surface area contributed by atoms with E-state index in [1.54, 1.807) is 0 Å². The molecule has 1 aliphatic rings. The Bertz CT molecular complexity index is 739. The van der Waals surface area contributed by atoms with Gasteiger partial charge >= 0.3 is 0 Å². The Labute approximate surface area is 138 Å². The third-order valence-electron chi connectivity index (χ3n) is 4.10. The van der Waals surface area contributed by atoms with Crippen LogP contribution < -0.4 is 10.6 Å². The van der Waals surface area contributed by atoms with Crippen molar-refractivity contribution in [1.29, 1.82) is 0 Å². The molecule has 0 aliphatic carbocycles. The summed E-state index contributed by atoms with van der Waals surface area (Å²) in [5.41, 5.74) is 0.505. The molecule has 2 heterocycles. The molecule has 1 aromatic heterocycles. The monoisotopic (exact) mass is 335 g/mol. The normalized spacial score (nSPS) is 20.8. The number of carbonyl (C=O) groups excluding carboxylic acids is 1. The lowest BCUT2D eigenvalue weighted by Gasteiger charge is -2.35. The van der Waals surface area contributed by atoms with Gasteiger partial charge in [-0.05, 0) is 44.5 Å². The van der Waals surface area contributed by atoms with Gasteiger partial charge in [-0.2, -0.15) is 0 Å². The van der Waals surface area contributed by atoms with Gasteiger partial charge in [0.25, 0.3) is 0 Å². The Kier molecular flexibility index (Phi) is 4.62. The van der Waals surface area contributed by atoms with Crippen LogP contribution in [0.4, 0.5) is 8.78 Å². The van der Waals surface area contributed by atoms with Crippen LogP contribution in [-0.2, 0) is 11.2 Å². The SMILES string of the molecule is CC1(NC(=O)Cc2coc(-c3ccc(F)c(F)c3)n2)CCCNC1. The van der Waals surface area contributed by atoms with E-state index in [9.17, 15) is 13.6 Å². The summed E-state index contributed by atoms with van der Waals surface area (Å²) in [7, 11) is 0. The number of aromatic nitrogens is 1. The van der Waals surface area contributed by atoms with Crippen molar-refractivity contribution in [1.82, 2.24) is 15.6 Å². The van der Waals surface area contributed by atoms with Gasteiger partial charge in [-0.15, -0.1) is 0 Å². The number of benzene rings is 1. The first-order chi connectivity index (χ1) is 11.5. The van der Waals surface area contributed by atoms with Crippen molar-refractivity contribution >= 4 is 5.91 Å². The summed E-state index contributed by atoms with van der Waals surface area (Å²) < 4.78 is 31.5. The molecule has 1 saturated heterocycles. The van der Waals surface area contributed by atoms with Crippen LogP contribution in [0.5, 0.6) is 0 Å². The maximum Gasteiger partial charge on any atom is 0.226 e. The number of nitrogens with zero attached hydrogens (tertiary/aromatic N) is 1. The minimum absolute atomic E-state index is 0.0722. The number of rotatable bonds is 4. The van der Waals surface area contributed by atoms with Crippen molar-refractivity contribution in [2.45, 2.75) is 31.7 Å². The Morgan fingerprint density at radius 2 is 2.25 bits per heavy atom. The molecule has 1 aromatic carbocycles. The lowest BCUT2D eigenvalue weighted by molar-refractivity contribution is -0.122. The Balaban J connectivity index is 1.65. The Morgan fingerprint density at radius 1 is 1.42 bits per heavy atom. The van der Waals surface area contributed by atoms with Crippen molar-refractivity contribution in [2.75, 3.05) is 13.1 Å². The van der Waals surface area contributed by atoms with Gasteiger partial charge in [0.05, 0.1) is 12.1 Å². The van der Waals surface area contributed by atoms with Gasteiger partial charge in [0.1, 0.15) is 6.26 Å². The number of amides is 1. The number of hydrogen-bond donors (Lipinski definition) is 2. The quantitative estimate of drug-likeness (QED) is 0.900. The third kappa shape index (κ3) is 3.79. The summed E-state index contributed by atoms with van der Waals surface area (Å²) in [5, 5.41) is 6.28. The molecule has 128 valence electrons. The fourth-order valence-electron chi connectivity index (χ4n) is 2.86. The van der Waals surface area contributed by atoms with Crippen LogP contribution in [0, 0.1) is 11.6 Å². The molecule has 0 spiro atoms. The van der Waals surface area contributed by atoms with Crippen LogP contribution in [0.1, 0.15) is 25.5 Å². The van der Waals surface area contributed by atoms with Crippen molar-refractivity contribution in [3.05, 3.63) is 41.8 Å². The van der Waals surface area contributed by atoms with Crippen LogP contribution in [-0.4, -0.2) is 29.5 Å². The number of nitrogens with one attached hydrogen (secondary N) is 2. The smallest absolute Gasteiger partial charge is 0.226 e. The van der Waals surface area contributed by atoms with Crippen LogP contribution in [0.15, 0.2) is 28.9 Å². The highest BCUT2D eigenvalue weighted by Gasteiger charge is 2.28. The maximum atomic E-state index is 13.3. The molecule has 1 amide bonds. The fourth-order valence-corrected chi connectivity index (χ4v) is 2.86. The van der Waals surface area contributed by atoms with E-state index in [1.165, 1.54) is 12.3 Å². The van der Waals surface area contributed by atoms with Gasteiger partial charge in [-0.3, -0.25) is 4.79 Å². The zero-order valence-electron chi connectivity index (χ0n) is 13.4. The molecule has 0 bridgehead atoms. The first-order valence-electron chi connectivity index (χ1n) is 7.87. The van der Waals surface area contributed by atoms with Crippen LogP contribution >= 0.6 is 0 Å². The van der Waals surface area contributed by atoms with Gasteiger partial charge < -0.3 is 15.1 Å². The highest BCUT2D eigenvalue weighted by Crippen LogP contribution is 2.21. The summed E-state index contributed by atoms with van der Waals surface area (Å²) in [4.78, 5) is 16.4. The fraction of sp³-hybridized carbons (Fsp3) is 0.412. The van der Waals surface area contributed by atoms with Crippen LogP contribution in [0.2, 0.25) is 0 Å². The Morgan fingerprint density at radius 3 is 2.96 bits per heavy atom. The average Bonchev–Trinajstić information content (AvgIpc) is 2.98. The summed E-state index contributed by atoms with van der Waals surface area (Å²) >= 11 is 0. The summed E-state index contributed by atoms with van der Waals surface area (Å²) in [5.74, 6) is -1.89. The minimum atomic E-state index is -0.970. The van der Waals surface area contributed by atoms with Crippen molar-refractivity contribution in [3.8, 4) is 11.5 Å².